The van der Waals surface area contributed by atoms with Crippen molar-refractivity contribution in [3.05, 3.63) is 35.4 Å². The van der Waals surface area contributed by atoms with E-state index in [1.807, 2.05) is 0 Å². The second-order valence-electron chi connectivity index (χ2n) is 8.57. The molecule has 1 aliphatic carbocycles. The minimum Gasteiger partial charge on any atom is -0.352 e. The summed E-state index contributed by atoms with van der Waals surface area (Å²) < 4.78 is 0. The molecular formula is C22H37Cl3N4O. The Kier molecular flexibility index (Phi) is 11.4. The number of rotatable bonds is 6. The highest BCUT2D eigenvalue weighted by Gasteiger charge is 2.57. The number of benzene rings is 1. The molecule has 0 aromatic heterocycles. The maximum atomic E-state index is 12.7. The molecule has 0 bridgehead atoms. The average molecular weight is 480 g/mol. The van der Waals surface area contributed by atoms with Crippen LogP contribution in [0.3, 0.4) is 0 Å². The molecule has 3 fully saturated rings. The van der Waals surface area contributed by atoms with Crippen LogP contribution in [0.5, 0.6) is 0 Å². The smallest absolute Gasteiger partial charge is 0.223 e. The molecule has 2 heterocycles. The molecule has 4 rings (SSSR count). The second kappa shape index (κ2) is 12.5. The van der Waals surface area contributed by atoms with E-state index in [0.29, 0.717) is 12.0 Å². The number of carbonyl (C=O) groups excluding carboxylic acids is 1. The van der Waals surface area contributed by atoms with Crippen molar-refractivity contribution in [3.63, 3.8) is 0 Å². The molecule has 1 atom stereocenters. The van der Waals surface area contributed by atoms with E-state index in [4.69, 9.17) is 0 Å². The van der Waals surface area contributed by atoms with Gasteiger partial charge in [0, 0.05) is 45.2 Å². The topological polar surface area (TPSA) is 47.6 Å². The molecule has 8 heteroatoms. The summed E-state index contributed by atoms with van der Waals surface area (Å²) in [6.07, 6.45) is 3.40. The van der Waals surface area contributed by atoms with E-state index >= 15 is 0 Å². The van der Waals surface area contributed by atoms with E-state index in [1.165, 1.54) is 11.1 Å². The Bertz CT molecular complexity index is 662. The van der Waals surface area contributed by atoms with Crippen LogP contribution in [-0.2, 0) is 17.9 Å². The van der Waals surface area contributed by atoms with E-state index in [1.54, 1.807) is 0 Å². The van der Waals surface area contributed by atoms with Crippen LogP contribution in [0.1, 0.15) is 37.3 Å². The van der Waals surface area contributed by atoms with Gasteiger partial charge in [0.15, 0.2) is 0 Å². The van der Waals surface area contributed by atoms with Crippen LogP contribution in [0.15, 0.2) is 24.3 Å². The van der Waals surface area contributed by atoms with Gasteiger partial charge in [0.1, 0.15) is 0 Å². The lowest BCUT2D eigenvalue weighted by Gasteiger charge is -2.34. The maximum Gasteiger partial charge on any atom is 0.223 e. The molecule has 1 aromatic rings. The Morgan fingerprint density at radius 2 is 1.63 bits per heavy atom. The fourth-order valence-corrected chi connectivity index (χ4v) is 4.89. The van der Waals surface area contributed by atoms with Gasteiger partial charge < -0.3 is 15.5 Å². The van der Waals surface area contributed by atoms with Crippen LogP contribution in [0.4, 0.5) is 0 Å². The molecule has 1 spiro atoms. The Morgan fingerprint density at radius 3 is 2.27 bits per heavy atom. The van der Waals surface area contributed by atoms with Crippen molar-refractivity contribution in [3.8, 4) is 0 Å². The highest BCUT2D eigenvalue weighted by molar-refractivity contribution is 5.86. The molecule has 0 radical (unpaired) electrons. The van der Waals surface area contributed by atoms with Crippen LogP contribution in [0.2, 0.25) is 0 Å². The fraction of sp³-hybridized carbons (Fsp3) is 0.682. The van der Waals surface area contributed by atoms with E-state index in [9.17, 15) is 4.79 Å². The summed E-state index contributed by atoms with van der Waals surface area (Å²) in [7, 11) is 0. The molecule has 1 saturated carbocycles. The summed E-state index contributed by atoms with van der Waals surface area (Å²) in [6.45, 7) is 11.8. The lowest BCUT2D eigenvalue weighted by molar-refractivity contribution is -0.123. The SMILES string of the molecule is CCN1CCN(Cc2ccccc2CNC(=O)C2CC23CCNCC3)CC1.Cl.Cl.Cl. The molecular weight excluding hydrogens is 443 g/mol. The third-order valence-corrected chi connectivity index (χ3v) is 6.98. The fourth-order valence-electron chi connectivity index (χ4n) is 4.89. The van der Waals surface area contributed by atoms with Crippen molar-refractivity contribution >= 4 is 43.1 Å². The number of likely N-dealkylation sites (N-methyl/N-ethyl adjacent to an activating group) is 1. The van der Waals surface area contributed by atoms with Crippen molar-refractivity contribution in [2.45, 2.75) is 39.3 Å². The summed E-state index contributed by atoms with van der Waals surface area (Å²) in [6, 6.07) is 8.60. The average Bonchev–Trinajstić information content (AvgIpc) is 3.41. The largest absolute Gasteiger partial charge is 0.352 e. The molecule has 2 aliphatic heterocycles. The zero-order valence-electron chi connectivity index (χ0n) is 17.9. The van der Waals surface area contributed by atoms with Crippen molar-refractivity contribution in [2.75, 3.05) is 45.8 Å². The van der Waals surface area contributed by atoms with E-state index in [0.717, 1.165) is 71.6 Å². The van der Waals surface area contributed by atoms with Gasteiger partial charge in [-0.1, -0.05) is 31.2 Å². The molecule has 2 saturated heterocycles. The lowest BCUT2D eigenvalue weighted by atomic mass is 9.92. The summed E-state index contributed by atoms with van der Waals surface area (Å²) in [5.74, 6) is 0.511. The standard InChI is InChI=1S/C22H34N4O.3ClH/c1-2-25-11-13-26(14-12-25)17-19-6-4-3-5-18(19)16-24-21(27)20-15-22(20)7-9-23-10-8-22;;;/h3-6,20,23H,2,7-17H2,1H3,(H,24,27);3*1H. The van der Waals surface area contributed by atoms with Crippen molar-refractivity contribution in [2.24, 2.45) is 11.3 Å². The number of nitrogens with zero attached hydrogens (tertiary/aromatic N) is 2. The van der Waals surface area contributed by atoms with Crippen LogP contribution in [0, 0.1) is 11.3 Å². The van der Waals surface area contributed by atoms with Gasteiger partial charge >= 0.3 is 0 Å². The first-order valence-electron chi connectivity index (χ1n) is 10.7. The number of hydrogen-bond acceptors (Lipinski definition) is 4. The molecule has 2 N–H and O–H groups in total. The predicted octanol–water partition coefficient (Wildman–Crippen LogP) is 3.10. The summed E-state index contributed by atoms with van der Waals surface area (Å²) in [4.78, 5) is 17.7. The summed E-state index contributed by atoms with van der Waals surface area (Å²) >= 11 is 0. The van der Waals surface area contributed by atoms with Gasteiger partial charge in [0.2, 0.25) is 5.91 Å². The normalized spacial score (nSPS) is 22.9. The number of piperazine rings is 1. The Morgan fingerprint density at radius 1 is 1.03 bits per heavy atom. The van der Waals surface area contributed by atoms with Crippen LogP contribution in [0.25, 0.3) is 0 Å². The number of piperidine rings is 1. The van der Waals surface area contributed by atoms with Crippen LogP contribution in [-0.4, -0.2) is 61.5 Å². The first-order valence-corrected chi connectivity index (χ1v) is 10.7. The van der Waals surface area contributed by atoms with Crippen LogP contribution < -0.4 is 10.6 Å². The third-order valence-electron chi connectivity index (χ3n) is 6.98. The second-order valence-corrected chi connectivity index (χ2v) is 8.57. The van der Waals surface area contributed by atoms with Gasteiger partial charge in [-0.15, -0.1) is 37.2 Å². The lowest BCUT2D eigenvalue weighted by Crippen LogP contribution is -2.45. The molecule has 1 amide bonds. The Balaban J connectivity index is 0.00000150. The van der Waals surface area contributed by atoms with Crippen LogP contribution >= 0.6 is 37.2 Å². The Hall–Kier alpha value is -0.560. The molecule has 3 aliphatic rings. The Labute approximate surface area is 199 Å². The van der Waals surface area contributed by atoms with Crippen molar-refractivity contribution in [1.29, 1.82) is 0 Å². The van der Waals surface area contributed by atoms with E-state index in [-0.39, 0.29) is 49.0 Å². The highest BCUT2D eigenvalue weighted by Crippen LogP contribution is 2.58. The predicted molar refractivity (Wildman–Crippen MR) is 130 cm³/mol. The minimum absolute atomic E-state index is 0. The monoisotopic (exact) mass is 478 g/mol. The van der Waals surface area contributed by atoms with E-state index in [2.05, 4.69) is 51.6 Å². The summed E-state index contributed by atoms with van der Waals surface area (Å²) in [5.41, 5.74) is 2.94. The number of hydrogen-bond donors (Lipinski definition) is 2. The van der Waals surface area contributed by atoms with Crippen molar-refractivity contribution < 1.29 is 4.79 Å². The first-order chi connectivity index (χ1) is 13.2. The minimum atomic E-state index is 0. The summed E-state index contributed by atoms with van der Waals surface area (Å²) in [5, 5.41) is 6.65. The van der Waals surface area contributed by atoms with Gasteiger partial charge in [-0.3, -0.25) is 9.69 Å². The van der Waals surface area contributed by atoms with Gasteiger partial charge in [-0.05, 0) is 55.4 Å². The van der Waals surface area contributed by atoms with Crippen molar-refractivity contribution in [1.82, 2.24) is 20.4 Å². The van der Waals surface area contributed by atoms with Gasteiger partial charge in [0.05, 0.1) is 0 Å². The van der Waals surface area contributed by atoms with Gasteiger partial charge in [-0.2, -0.15) is 0 Å². The van der Waals surface area contributed by atoms with Gasteiger partial charge in [0.25, 0.3) is 0 Å². The maximum absolute atomic E-state index is 12.7. The third kappa shape index (κ3) is 6.47. The number of halogens is 3. The molecule has 1 aromatic carbocycles. The molecule has 1 unspecified atom stereocenters. The quantitative estimate of drug-likeness (QED) is 0.658. The number of nitrogens with one attached hydrogen (secondary N) is 2. The number of amides is 1. The zero-order valence-corrected chi connectivity index (χ0v) is 20.3. The molecule has 172 valence electrons. The highest BCUT2D eigenvalue weighted by atomic mass is 35.5. The first kappa shape index (κ1) is 27.5. The number of carbonyl (C=O) groups is 1. The zero-order chi connectivity index (χ0) is 18.7. The van der Waals surface area contributed by atoms with Gasteiger partial charge in [-0.25, -0.2) is 0 Å². The molecule has 5 nitrogen and oxygen atoms in total. The molecule has 30 heavy (non-hydrogen) atoms. The van der Waals surface area contributed by atoms with E-state index < -0.39 is 0 Å².